The molecule has 0 aromatic heterocycles. The zero-order valence-corrected chi connectivity index (χ0v) is 6.14. The average Bonchev–Trinajstić information content (AvgIpc) is 1.81. The average molecular weight is 131 g/mol. The van der Waals surface area contributed by atoms with E-state index >= 15 is 0 Å². The van der Waals surface area contributed by atoms with Crippen LogP contribution in [0.3, 0.4) is 0 Å². The zero-order chi connectivity index (χ0) is 6.24. The van der Waals surface area contributed by atoms with Crippen LogP contribution in [-0.2, 0) is 9.16 Å². The lowest BCUT2D eigenvalue weighted by Gasteiger charge is -1.98. The maximum Gasteiger partial charge on any atom is 0.246 e. The van der Waals surface area contributed by atoms with Crippen LogP contribution in [0.5, 0.6) is 0 Å². The highest BCUT2D eigenvalue weighted by Gasteiger charge is 1.81. The molecule has 0 amide bonds. The molecule has 47 valence electrons. The van der Waals surface area contributed by atoms with Crippen LogP contribution in [0.15, 0.2) is 0 Å². The summed E-state index contributed by atoms with van der Waals surface area (Å²) >= 11 is 0. The first kappa shape index (κ1) is 8.14. The predicted octanol–water partition coefficient (Wildman–Crippen LogP) is 0.513. The van der Waals surface area contributed by atoms with Gasteiger partial charge in [0.15, 0.2) is 0 Å². The fraction of sp³-hybridized carbons (Fsp3) is 1.00. The third-order valence-electron chi connectivity index (χ3n) is 0.678. The van der Waals surface area contributed by atoms with E-state index in [4.69, 9.17) is 4.74 Å². The van der Waals surface area contributed by atoms with Crippen molar-refractivity contribution in [3.05, 3.63) is 0 Å². The molecular weight excluding hydrogens is 120 g/mol. The molecule has 0 aliphatic rings. The monoisotopic (exact) mass is 131 g/mol. The maximum atomic E-state index is 5.07. The van der Waals surface area contributed by atoms with Crippen molar-refractivity contribution in [2.24, 2.45) is 0 Å². The number of hydrogen-bond donors (Lipinski definition) is 0. The summed E-state index contributed by atoms with van der Waals surface area (Å²) in [5.74, 6) is 0. The minimum atomic E-state index is 0.622. The van der Waals surface area contributed by atoms with Gasteiger partial charge in [-0.05, 0) is 6.42 Å². The SMILES string of the molecule is CCCOCCO[Si]. The Kier molecular flexibility index (Phi) is 7.26. The van der Waals surface area contributed by atoms with Gasteiger partial charge in [0, 0.05) is 6.61 Å². The summed E-state index contributed by atoms with van der Waals surface area (Å²) in [4.78, 5) is 0. The minimum Gasteiger partial charge on any atom is -0.416 e. The second-order valence-corrected chi connectivity index (χ2v) is 1.75. The van der Waals surface area contributed by atoms with Gasteiger partial charge in [0.25, 0.3) is 0 Å². The van der Waals surface area contributed by atoms with Crippen LogP contribution in [-0.4, -0.2) is 30.3 Å². The molecular formula is C5H11O2Si. The van der Waals surface area contributed by atoms with E-state index < -0.39 is 0 Å². The van der Waals surface area contributed by atoms with Gasteiger partial charge in [-0.15, -0.1) is 0 Å². The second kappa shape index (κ2) is 7.14. The Morgan fingerprint density at radius 2 is 2.00 bits per heavy atom. The Hall–Kier alpha value is 0.137. The van der Waals surface area contributed by atoms with Gasteiger partial charge in [0.2, 0.25) is 10.5 Å². The summed E-state index contributed by atoms with van der Waals surface area (Å²) in [7, 11) is 2.86. The molecule has 8 heavy (non-hydrogen) atoms. The van der Waals surface area contributed by atoms with Crippen LogP contribution in [0.2, 0.25) is 0 Å². The van der Waals surface area contributed by atoms with Crippen LogP contribution in [0.1, 0.15) is 13.3 Å². The van der Waals surface area contributed by atoms with Gasteiger partial charge in [0.1, 0.15) is 0 Å². The van der Waals surface area contributed by atoms with Crippen molar-refractivity contribution in [2.45, 2.75) is 13.3 Å². The second-order valence-electron chi connectivity index (χ2n) is 1.46. The largest absolute Gasteiger partial charge is 0.416 e. The maximum absolute atomic E-state index is 5.07. The molecule has 0 aliphatic heterocycles. The summed E-state index contributed by atoms with van der Waals surface area (Å²) in [6.07, 6.45) is 1.07. The Balaban J connectivity index is 2.53. The Morgan fingerprint density at radius 1 is 1.25 bits per heavy atom. The number of ether oxygens (including phenoxy) is 1. The molecule has 0 saturated heterocycles. The van der Waals surface area contributed by atoms with E-state index in [0.29, 0.717) is 13.2 Å². The standard InChI is InChI=1S/C5H11O2Si/c1-2-3-6-4-5-7-8/h2-5H2,1H3. The van der Waals surface area contributed by atoms with Crippen LogP contribution in [0.25, 0.3) is 0 Å². The van der Waals surface area contributed by atoms with E-state index in [0.717, 1.165) is 13.0 Å². The van der Waals surface area contributed by atoms with Crippen LogP contribution >= 0.6 is 0 Å². The van der Waals surface area contributed by atoms with Crippen LogP contribution in [0, 0.1) is 0 Å². The van der Waals surface area contributed by atoms with Gasteiger partial charge in [0.05, 0.1) is 13.2 Å². The van der Waals surface area contributed by atoms with Crippen molar-refractivity contribution in [1.82, 2.24) is 0 Å². The zero-order valence-electron chi connectivity index (χ0n) is 5.14. The molecule has 0 bridgehead atoms. The third-order valence-corrected chi connectivity index (χ3v) is 0.882. The molecule has 0 aromatic carbocycles. The molecule has 0 atom stereocenters. The smallest absolute Gasteiger partial charge is 0.246 e. The van der Waals surface area contributed by atoms with Crippen molar-refractivity contribution in [1.29, 1.82) is 0 Å². The molecule has 0 saturated carbocycles. The van der Waals surface area contributed by atoms with E-state index in [1.807, 2.05) is 0 Å². The van der Waals surface area contributed by atoms with E-state index in [2.05, 4.69) is 21.8 Å². The van der Waals surface area contributed by atoms with E-state index in [9.17, 15) is 0 Å². The molecule has 3 radical (unpaired) electrons. The molecule has 0 heterocycles. The fourth-order valence-corrected chi connectivity index (χ4v) is 0.430. The first-order valence-corrected chi connectivity index (χ1v) is 3.19. The lowest BCUT2D eigenvalue weighted by molar-refractivity contribution is 0.104. The topological polar surface area (TPSA) is 18.5 Å². The summed E-state index contributed by atoms with van der Waals surface area (Å²) in [5, 5.41) is 0. The van der Waals surface area contributed by atoms with Gasteiger partial charge < -0.3 is 9.16 Å². The molecule has 3 heteroatoms. The number of rotatable bonds is 5. The molecule has 0 N–H and O–H groups in total. The first-order chi connectivity index (χ1) is 3.91. The van der Waals surface area contributed by atoms with E-state index in [1.165, 1.54) is 0 Å². The first-order valence-electron chi connectivity index (χ1n) is 2.78. The van der Waals surface area contributed by atoms with Gasteiger partial charge in [-0.2, -0.15) is 0 Å². The Morgan fingerprint density at radius 3 is 2.50 bits per heavy atom. The highest BCUT2D eigenvalue weighted by Crippen LogP contribution is 1.78. The highest BCUT2D eigenvalue weighted by atomic mass is 28.2. The summed E-state index contributed by atoms with van der Waals surface area (Å²) in [6.45, 7) is 4.21. The summed E-state index contributed by atoms with van der Waals surface area (Å²) < 4.78 is 9.64. The van der Waals surface area contributed by atoms with Gasteiger partial charge in [-0.3, -0.25) is 0 Å². The molecule has 0 spiro atoms. The molecule has 0 aliphatic carbocycles. The minimum absolute atomic E-state index is 0.622. The highest BCUT2D eigenvalue weighted by molar-refractivity contribution is 5.97. The van der Waals surface area contributed by atoms with Crippen molar-refractivity contribution < 1.29 is 9.16 Å². The molecule has 2 nitrogen and oxygen atoms in total. The van der Waals surface area contributed by atoms with Gasteiger partial charge in [-0.25, -0.2) is 0 Å². The lowest BCUT2D eigenvalue weighted by atomic mass is 10.5. The third kappa shape index (κ3) is 6.14. The Labute approximate surface area is 53.7 Å². The van der Waals surface area contributed by atoms with E-state index in [-0.39, 0.29) is 0 Å². The molecule has 0 aromatic rings. The Bertz CT molecular complexity index is 35.4. The number of hydrogen-bond acceptors (Lipinski definition) is 2. The van der Waals surface area contributed by atoms with Crippen LogP contribution in [0.4, 0.5) is 0 Å². The molecule has 0 unspecified atom stereocenters. The van der Waals surface area contributed by atoms with Gasteiger partial charge >= 0.3 is 0 Å². The molecule has 0 fully saturated rings. The van der Waals surface area contributed by atoms with Crippen molar-refractivity contribution >= 4 is 10.5 Å². The molecule has 0 rings (SSSR count). The lowest BCUT2D eigenvalue weighted by Crippen LogP contribution is -2.02. The quantitative estimate of drug-likeness (QED) is 0.400. The van der Waals surface area contributed by atoms with Crippen molar-refractivity contribution in [3.63, 3.8) is 0 Å². The predicted molar refractivity (Wildman–Crippen MR) is 32.8 cm³/mol. The van der Waals surface area contributed by atoms with Crippen molar-refractivity contribution in [2.75, 3.05) is 19.8 Å². The summed E-state index contributed by atoms with van der Waals surface area (Å²) in [6, 6.07) is 0. The van der Waals surface area contributed by atoms with E-state index in [1.54, 1.807) is 0 Å². The summed E-state index contributed by atoms with van der Waals surface area (Å²) in [5.41, 5.74) is 0. The van der Waals surface area contributed by atoms with Crippen molar-refractivity contribution in [3.8, 4) is 0 Å². The van der Waals surface area contributed by atoms with Gasteiger partial charge in [-0.1, -0.05) is 6.92 Å². The van der Waals surface area contributed by atoms with Crippen LogP contribution < -0.4 is 0 Å². The fourth-order valence-electron chi connectivity index (χ4n) is 0.347. The normalized spacial score (nSPS) is 9.75.